The average Bonchev–Trinajstić information content (AvgIpc) is 2.53. The second-order valence-corrected chi connectivity index (χ2v) is 5.29. The van der Waals surface area contributed by atoms with Gasteiger partial charge in [0.05, 0.1) is 5.69 Å². The molecule has 1 saturated carbocycles. The molecule has 1 aliphatic rings. The number of urea groups is 1. The van der Waals surface area contributed by atoms with Gasteiger partial charge in [0, 0.05) is 23.2 Å². The van der Waals surface area contributed by atoms with Gasteiger partial charge in [0.2, 0.25) is 0 Å². The Morgan fingerprint density at radius 2 is 2.14 bits per heavy atom. The van der Waals surface area contributed by atoms with Crippen molar-refractivity contribution in [2.24, 2.45) is 10.8 Å². The lowest BCUT2D eigenvalue weighted by Crippen LogP contribution is -2.28. The topological polar surface area (TPSA) is 80.4 Å². The first-order valence-electron chi connectivity index (χ1n) is 7.21. The molecule has 2 aromatic rings. The minimum Gasteiger partial charge on any atom is -0.350 e. The Labute approximate surface area is 123 Å². The summed E-state index contributed by atoms with van der Waals surface area (Å²) in [5, 5.41) is 6.53. The lowest BCUT2D eigenvalue weighted by Gasteiger charge is -2.24. The average molecular weight is 282 g/mol. The Bertz CT molecular complexity index is 690. The molecule has 1 atom stereocenters. The van der Waals surface area contributed by atoms with Gasteiger partial charge in [0.25, 0.3) is 0 Å². The standard InChI is InChI=1S/C16H18N4O/c17-16(21)20-19-14-8-4-3-7-13(14)15-12-6-2-1-5-11(12)9-10-18-15/h1-2,5-6,9-10,13H,3-4,7-8H2,(H3,17,20,21)/b19-14+. The largest absolute Gasteiger partial charge is 0.350 e. The minimum absolute atomic E-state index is 0.150. The highest BCUT2D eigenvalue weighted by Crippen LogP contribution is 2.33. The number of amides is 2. The lowest BCUT2D eigenvalue weighted by atomic mass is 9.83. The number of hydrogen-bond acceptors (Lipinski definition) is 3. The van der Waals surface area contributed by atoms with Crippen LogP contribution in [-0.2, 0) is 0 Å². The van der Waals surface area contributed by atoms with E-state index in [4.69, 9.17) is 5.73 Å². The maximum atomic E-state index is 10.9. The van der Waals surface area contributed by atoms with Crippen LogP contribution in [0.25, 0.3) is 10.8 Å². The van der Waals surface area contributed by atoms with Gasteiger partial charge in [0.15, 0.2) is 0 Å². The number of hydrazone groups is 1. The van der Waals surface area contributed by atoms with Crippen LogP contribution < -0.4 is 11.2 Å². The molecule has 0 radical (unpaired) electrons. The van der Waals surface area contributed by atoms with Crippen molar-refractivity contribution in [2.75, 3.05) is 0 Å². The minimum atomic E-state index is -0.627. The highest BCUT2D eigenvalue weighted by Gasteiger charge is 2.25. The van der Waals surface area contributed by atoms with E-state index in [1.807, 2.05) is 24.4 Å². The van der Waals surface area contributed by atoms with Crippen LogP contribution in [0.3, 0.4) is 0 Å². The molecule has 0 aliphatic heterocycles. The number of carbonyl (C=O) groups is 1. The highest BCUT2D eigenvalue weighted by atomic mass is 16.2. The number of primary amides is 1. The van der Waals surface area contributed by atoms with E-state index in [1.165, 1.54) is 5.39 Å². The third-order valence-corrected chi connectivity index (χ3v) is 3.92. The molecule has 108 valence electrons. The zero-order chi connectivity index (χ0) is 14.7. The van der Waals surface area contributed by atoms with Crippen LogP contribution in [0, 0.1) is 0 Å². The molecule has 0 bridgehead atoms. The third kappa shape index (κ3) is 2.86. The number of nitrogens with zero attached hydrogens (tertiary/aromatic N) is 2. The number of rotatable bonds is 2. The van der Waals surface area contributed by atoms with Crippen molar-refractivity contribution in [3.63, 3.8) is 0 Å². The molecule has 1 aromatic heterocycles. The van der Waals surface area contributed by atoms with E-state index in [2.05, 4.69) is 27.6 Å². The van der Waals surface area contributed by atoms with Gasteiger partial charge >= 0.3 is 6.03 Å². The van der Waals surface area contributed by atoms with Crippen LogP contribution in [0.5, 0.6) is 0 Å². The number of pyridine rings is 1. The summed E-state index contributed by atoms with van der Waals surface area (Å²) in [5.41, 5.74) is 9.48. The maximum absolute atomic E-state index is 10.9. The van der Waals surface area contributed by atoms with Crippen molar-refractivity contribution in [3.05, 3.63) is 42.2 Å². The fourth-order valence-corrected chi connectivity index (χ4v) is 2.97. The van der Waals surface area contributed by atoms with Crippen molar-refractivity contribution >= 4 is 22.5 Å². The number of benzene rings is 1. The van der Waals surface area contributed by atoms with E-state index < -0.39 is 6.03 Å². The smallest absolute Gasteiger partial charge is 0.332 e. The van der Waals surface area contributed by atoms with E-state index >= 15 is 0 Å². The molecule has 3 N–H and O–H groups in total. The predicted molar refractivity (Wildman–Crippen MR) is 83.1 cm³/mol. The molecule has 0 saturated heterocycles. The second kappa shape index (κ2) is 5.91. The number of nitrogens with one attached hydrogen (secondary N) is 1. The quantitative estimate of drug-likeness (QED) is 0.830. The Morgan fingerprint density at radius 3 is 3.00 bits per heavy atom. The summed E-state index contributed by atoms with van der Waals surface area (Å²) < 4.78 is 0. The number of aromatic nitrogens is 1. The van der Waals surface area contributed by atoms with Crippen LogP contribution in [0.4, 0.5) is 4.79 Å². The van der Waals surface area contributed by atoms with Crippen LogP contribution >= 0.6 is 0 Å². The summed E-state index contributed by atoms with van der Waals surface area (Å²) in [6, 6.07) is 9.61. The van der Waals surface area contributed by atoms with Crippen molar-refractivity contribution in [1.29, 1.82) is 0 Å². The number of fused-ring (bicyclic) bond motifs is 1. The zero-order valence-electron chi connectivity index (χ0n) is 11.7. The van der Waals surface area contributed by atoms with Gasteiger partial charge in [-0.2, -0.15) is 5.10 Å². The van der Waals surface area contributed by atoms with E-state index in [1.54, 1.807) is 0 Å². The Morgan fingerprint density at radius 1 is 1.29 bits per heavy atom. The van der Waals surface area contributed by atoms with E-state index in [0.717, 1.165) is 42.5 Å². The van der Waals surface area contributed by atoms with Crippen LogP contribution in [0.2, 0.25) is 0 Å². The Kier molecular flexibility index (Phi) is 3.81. The normalized spacial score (nSPS) is 20.6. The Balaban J connectivity index is 2.02. The van der Waals surface area contributed by atoms with Crippen LogP contribution in [-0.4, -0.2) is 16.7 Å². The first-order chi connectivity index (χ1) is 10.3. The summed E-state index contributed by atoms with van der Waals surface area (Å²) in [6.07, 6.45) is 5.94. The molecule has 3 rings (SSSR count). The summed E-state index contributed by atoms with van der Waals surface area (Å²) >= 11 is 0. The SMILES string of the molecule is NC(=O)N/N=C1\CCCCC1c1nccc2ccccc12. The molecule has 0 spiro atoms. The molecular formula is C16H18N4O. The summed E-state index contributed by atoms with van der Waals surface area (Å²) in [7, 11) is 0. The van der Waals surface area contributed by atoms with E-state index in [0.29, 0.717) is 0 Å². The summed E-state index contributed by atoms with van der Waals surface area (Å²) in [4.78, 5) is 15.5. The summed E-state index contributed by atoms with van der Waals surface area (Å²) in [6.45, 7) is 0. The molecule has 1 unspecified atom stereocenters. The first-order valence-corrected chi connectivity index (χ1v) is 7.21. The maximum Gasteiger partial charge on any atom is 0.332 e. The summed E-state index contributed by atoms with van der Waals surface area (Å²) in [5.74, 6) is 0.150. The van der Waals surface area contributed by atoms with Crippen molar-refractivity contribution in [3.8, 4) is 0 Å². The molecule has 1 aromatic carbocycles. The van der Waals surface area contributed by atoms with Crippen molar-refractivity contribution in [1.82, 2.24) is 10.4 Å². The molecule has 5 nitrogen and oxygen atoms in total. The van der Waals surface area contributed by atoms with Crippen molar-refractivity contribution in [2.45, 2.75) is 31.6 Å². The molecule has 21 heavy (non-hydrogen) atoms. The first kappa shape index (κ1) is 13.5. The van der Waals surface area contributed by atoms with Crippen LogP contribution in [0.1, 0.15) is 37.3 Å². The number of carbonyl (C=O) groups excluding carboxylic acids is 1. The zero-order valence-corrected chi connectivity index (χ0v) is 11.7. The number of nitrogens with two attached hydrogens (primary N) is 1. The van der Waals surface area contributed by atoms with Gasteiger partial charge in [-0.05, 0) is 30.7 Å². The molecule has 1 heterocycles. The van der Waals surface area contributed by atoms with Gasteiger partial charge in [0.1, 0.15) is 0 Å². The second-order valence-electron chi connectivity index (χ2n) is 5.29. The van der Waals surface area contributed by atoms with E-state index in [-0.39, 0.29) is 5.92 Å². The predicted octanol–water partition coefficient (Wildman–Crippen LogP) is 2.92. The molecule has 1 fully saturated rings. The fourth-order valence-electron chi connectivity index (χ4n) is 2.97. The fraction of sp³-hybridized carbons (Fsp3) is 0.312. The molecular weight excluding hydrogens is 264 g/mol. The molecule has 2 amide bonds. The Hall–Kier alpha value is -2.43. The third-order valence-electron chi connectivity index (χ3n) is 3.92. The van der Waals surface area contributed by atoms with Gasteiger partial charge in [-0.25, -0.2) is 10.2 Å². The van der Waals surface area contributed by atoms with Gasteiger partial charge in [-0.15, -0.1) is 0 Å². The van der Waals surface area contributed by atoms with Crippen LogP contribution in [0.15, 0.2) is 41.6 Å². The monoisotopic (exact) mass is 282 g/mol. The van der Waals surface area contributed by atoms with E-state index in [9.17, 15) is 4.79 Å². The van der Waals surface area contributed by atoms with Gasteiger partial charge in [-0.3, -0.25) is 4.98 Å². The van der Waals surface area contributed by atoms with Crippen molar-refractivity contribution < 1.29 is 4.79 Å². The molecule has 1 aliphatic carbocycles. The number of hydrogen-bond donors (Lipinski definition) is 2. The highest BCUT2D eigenvalue weighted by molar-refractivity contribution is 5.96. The molecule has 5 heteroatoms. The van der Waals surface area contributed by atoms with Gasteiger partial charge in [-0.1, -0.05) is 30.7 Å². The lowest BCUT2D eigenvalue weighted by molar-refractivity contribution is 0.249. The van der Waals surface area contributed by atoms with Gasteiger partial charge < -0.3 is 5.73 Å².